The van der Waals surface area contributed by atoms with Gasteiger partial charge in [-0.2, -0.15) is 0 Å². The zero-order chi connectivity index (χ0) is 55.2. The first-order chi connectivity index (χ1) is 31.8. The molecule has 5 atom stereocenters. The van der Waals surface area contributed by atoms with Crippen molar-refractivity contribution in [2.75, 3.05) is 6.54 Å². The quantitative estimate of drug-likeness (QED) is 0.0543. The monoisotopic (exact) mass is 942 g/mol. The van der Waals surface area contributed by atoms with Crippen LogP contribution in [0.25, 0.3) is 0 Å². The Bertz CT molecular complexity index is 1500. The standard InChI is InChI=1S/C29H54N2O.C12H19N.C12H18.C3H6.2C2H6.C2H4.C2H2/c1-14-16-26(28(8,9)10)30-22(7)31-27(29(11,12)13)25(32)19-24(21(5)6)18-23(15-2)17-20(3)4;1-6-8-9-10(3)11(4)12(5)13-7-2;1-4-7-10(2)12-9-6-5-8-11(12)3;1-3-2;4*1-2/h23-24,26-27,30-31H,3,5,7,14-19H2,1-2,4,6,8-13H3;1,10,13H,4-5,7-9H2,2-3H3;4,7H,1,5-6,8-9H2,2-3H3;3H,1H2,2H3;2*1-2H3;1-2H2;1-2H/b;;10-7-;;;;;. The molecule has 0 bridgehead atoms. The summed E-state index contributed by atoms with van der Waals surface area (Å²) >= 11 is 0. The van der Waals surface area contributed by atoms with E-state index >= 15 is 0 Å². The predicted octanol–water partition coefficient (Wildman–Crippen LogP) is 18.8. The second-order valence-corrected chi connectivity index (χ2v) is 19.3. The fraction of sp³-hybridized carbons (Fsp3) is 0.609. The van der Waals surface area contributed by atoms with Crippen LogP contribution in [0.2, 0.25) is 0 Å². The third-order valence-corrected chi connectivity index (χ3v) is 11.1. The Balaban J connectivity index is -0.000000169. The first kappa shape index (κ1) is 77.8. The lowest BCUT2D eigenvalue weighted by atomic mass is 9.77. The third kappa shape index (κ3) is 41.8. The predicted molar refractivity (Wildman–Crippen MR) is 317 cm³/mol. The molecule has 0 aromatic heterocycles. The molecule has 5 unspecified atom stereocenters. The molecule has 1 aliphatic rings. The summed E-state index contributed by atoms with van der Waals surface area (Å²) in [4.78, 5) is 13.6. The van der Waals surface area contributed by atoms with Crippen molar-refractivity contribution in [3.8, 4) is 25.2 Å². The zero-order valence-electron chi connectivity index (χ0n) is 48.8. The van der Waals surface area contributed by atoms with Crippen LogP contribution >= 0.6 is 0 Å². The lowest BCUT2D eigenvalue weighted by molar-refractivity contribution is -0.124. The van der Waals surface area contributed by atoms with Gasteiger partial charge in [0.1, 0.15) is 0 Å². The van der Waals surface area contributed by atoms with Crippen LogP contribution in [0.3, 0.4) is 0 Å². The van der Waals surface area contributed by atoms with Crippen molar-refractivity contribution in [2.24, 2.45) is 28.6 Å². The van der Waals surface area contributed by atoms with Crippen LogP contribution in [0.1, 0.15) is 209 Å². The van der Waals surface area contributed by atoms with Crippen LogP contribution in [-0.2, 0) is 4.79 Å². The summed E-state index contributed by atoms with van der Waals surface area (Å²) in [5.74, 6) is 4.77. The van der Waals surface area contributed by atoms with E-state index in [0.717, 1.165) is 74.2 Å². The summed E-state index contributed by atoms with van der Waals surface area (Å²) in [5, 5.41) is 10.2. The average molecular weight is 943 g/mol. The molecule has 0 amide bonds. The second kappa shape index (κ2) is 49.0. The molecule has 0 aromatic rings. The Hall–Kier alpha value is -4.41. The number of carbonyl (C=O) groups excluding carboxylic acids is 1. The number of allylic oxidation sites excluding steroid dienone is 9. The largest absolute Gasteiger partial charge is 0.386 e. The van der Waals surface area contributed by atoms with E-state index < -0.39 is 0 Å². The molecule has 0 spiro atoms. The van der Waals surface area contributed by atoms with Crippen LogP contribution in [0.5, 0.6) is 0 Å². The maximum absolute atomic E-state index is 13.6. The number of Topliss-reactive ketones (excluding diaryl/α,β-unsaturated/α-hetero) is 1. The van der Waals surface area contributed by atoms with E-state index in [1.807, 2.05) is 47.6 Å². The zero-order valence-corrected chi connectivity index (χ0v) is 48.8. The molecule has 1 aliphatic carbocycles. The maximum atomic E-state index is 13.6. The molecule has 0 heterocycles. The SMILES string of the molecule is C#C.C#CCCC(C)C(=C)C(=C)NCC.C=C.C=C(C)CC(CC)CC(CC(=O)C(NC(=C)NC(CCC)C(C)(C)C)C(C)(C)C)C(=C)C.C=C/C=C(/C)C1=C(C)CCCC1.C=CC.CC.CC. The van der Waals surface area contributed by atoms with Crippen molar-refractivity contribution >= 4 is 5.78 Å². The number of carbonyl (C=O) groups is 1. The highest BCUT2D eigenvalue weighted by Crippen LogP contribution is 2.32. The van der Waals surface area contributed by atoms with Crippen molar-refractivity contribution in [3.63, 3.8) is 0 Å². The molecule has 3 N–H and O–H groups in total. The third-order valence-electron chi connectivity index (χ3n) is 11.1. The van der Waals surface area contributed by atoms with Crippen molar-refractivity contribution in [1.82, 2.24) is 16.0 Å². The minimum atomic E-state index is -0.298. The van der Waals surface area contributed by atoms with Gasteiger partial charge in [-0.3, -0.25) is 4.79 Å². The molecule has 4 heteroatoms. The Kier molecular flexibility index (Phi) is 56.1. The number of hydrogen-bond donors (Lipinski definition) is 3. The molecule has 0 fully saturated rings. The number of hydrogen-bond acceptors (Lipinski definition) is 4. The van der Waals surface area contributed by atoms with Gasteiger partial charge >= 0.3 is 0 Å². The van der Waals surface area contributed by atoms with Gasteiger partial charge in [-0.15, -0.1) is 51.5 Å². The fourth-order valence-corrected chi connectivity index (χ4v) is 7.29. The highest BCUT2D eigenvalue weighted by molar-refractivity contribution is 5.85. The molecule has 0 aliphatic heterocycles. The van der Waals surface area contributed by atoms with Gasteiger partial charge in [0.2, 0.25) is 0 Å². The molecule has 4 nitrogen and oxygen atoms in total. The van der Waals surface area contributed by atoms with Gasteiger partial charge in [-0.1, -0.05) is 171 Å². The van der Waals surface area contributed by atoms with Crippen molar-refractivity contribution in [3.05, 3.63) is 122 Å². The van der Waals surface area contributed by atoms with Gasteiger partial charge in [0.15, 0.2) is 5.78 Å². The summed E-state index contributed by atoms with van der Waals surface area (Å²) in [6.07, 6.45) is 31.8. The summed E-state index contributed by atoms with van der Waals surface area (Å²) in [7, 11) is 0. The van der Waals surface area contributed by atoms with E-state index in [1.54, 1.807) is 17.2 Å². The fourth-order valence-electron chi connectivity index (χ4n) is 7.29. The van der Waals surface area contributed by atoms with Gasteiger partial charge in [-0.25, -0.2) is 0 Å². The number of rotatable bonds is 23. The lowest BCUT2D eigenvalue weighted by Gasteiger charge is -2.37. The lowest BCUT2D eigenvalue weighted by Crippen LogP contribution is -2.51. The Morgan fingerprint density at radius 3 is 1.69 bits per heavy atom. The van der Waals surface area contributed by atoms with E-state index in [4.69, 9.17) is 6.42 Å². The Morgan fingerprint density at radius 2 is 1.32 bits per heavy atom. The summed E-state index contributed by atoms with van der Waals surface area (Å²) in [6, 6.07) is 0.00616. The topological polar surface area (TPSA) is 53.2 Å². The van der Waals surface area contributed by atoms with Crippen molar-refractivity contribution in [1.29, 1.82) is 0 Å². The summed E-state index contributed by atoms with van der Waals surface area (Å²) in [5.41, 5.74) is 8.76. The summed E-state index contributed by atoms with van der Waals surface area (Å²) < 4.78 is 0. The average Bonchev–Trinajstić information content (AvgIpc) is 3.29. The minimum Gasteiger partial charge on any atom is -0.386 e. The number of likely N-dealkylation sites (N-methyl/N-ethyl adjacent to an activating group) is 1. The molecule has 68 heavy (non-hydrogen) atoms. The van der Waals surface area contributed by atoms with Crippen LogP contribution in [0.15, 0.2) is 122 Å². The Morgan fingerprint density at radius 1 is 0.824 bits per heavy atom. The van der Waals surface area contributed by atoms with Gasteiger partial charge in [0, 0.05) is 31.1 Å². The van der Waals surface area contributed by atoms with E-state index in [9.17, 15) is 4.79 Å². The normalized spacial score (nSPS) is 13.6. The first-order valence-electron chi connectivity index (χ1n) is 25.8. The highest BCUT2D eigenvalue weighted by Gasteiger charge is 2.34. The van der Waals surface area contributed by atoms with Gasteiger partial charge in [0.05, 0.1) is 11.9 Å². The molecular weight excluding hydrogens is 827 g/mol. The van der Waals surface area contributed by atoms with Gasteiger partial charge < -0.3 is 16.0 Å². The van der Waals surface area contributed by atoms with E-state index in [-0.39, 0.29) is 28.6 Å². The van der Waals surface area contributed by atoms with E-state index in [1.165, 1.54) is 36.8 Å². The molecule has 0 aromatic carbocycles. The molecule has 0 radical (unpaired) electrons. The minimum absolute atomic E-state index is 0.116. The number of ketones is 1. The molecule has 1 rings (SSSR count). The highest BCUT2D eigenvalue weighted by atomic mass is 16.1. The number of terminal acetylenes is 2. The molecule has 392 valence electrons. The van der Waals surface area contributed by atoms with Crippen LogP contribution in [0.4, 0.5) is 0 Å². The van der Waals surface area contributed by atoms with Gasteiger partial charge in [-0.05, 0) is 138 Å². The van der Waals surface area contributed by atoms with Gasteiger partial charge in [0.25, 0.3) is 0 Å². The smallest absolute Gasteiger partial charge is 0.156 e. The summed E-state index contributed by atoms with van der Waals surface area (Å²) in [6.45, 7) is 74.6. The molecular formula is C64H115N3O. The van der Waals surface area contributed by atoms with Crippen LogP contribution < -0.4 is 16.0 Å². The van der Waals surface area contributed by atoms with E-state index in [2.05, 4.69) is 190 Å². The van der Waals surface area contributed by atoms with E-state index in [0.29, 0.717) is 24.3 Å². The first-order valence-corrected chi connectivity index (χ1v) is 25.8. The maximum Gasteiger partial charge on any atom is 0.156 e. The number of nitrogens with one attached hydrogen (secondary N) is 3. The molecule has 0 saturated carbocycles. The van der Waals surface area contributed by atoms with Crippen molar-refractivity contribution < 1.29 is 4.79 Å². The van der Waals surface area contributed by atoms with Crippen LogP contribution in [0, 0.1) is 53.8 Å². The Labute approximate surface area is 428 Å². The van der Waals surface area contributed by atoms with Crippen LogP contribution in [-0.4, -0.2) is 24.4 Å². The molecule has 0 saturated heterocycles. The second-order valence-electron chi connectivity index (χ2n) is 19.3. The van der Waals surface area contributed by atoms with Crippen molar-refractivity contribution in [2.45, 2.75) is 221 Å².